The van der Waals surface area contributed by atoms with Crippen molar-refractivity contribution in [2.45, 2.75) is 46.0 Å². The first-order valence-electron chi connectivity index (χ1n) is 6.39. The second-order valence-corrected chi connectivity index (χ2v) is 5.90. The molecule has 16 heavy (non-hydrogen) atoms. The highest BCUT2D eigenvalue weighted by molar-refractivity contribution is 9.11. The normalized spacial score (nSPS) is 30.4. The summed E-state index contributed by atoms with van der Waals surface area (Å²) in [6.07, 6.45) is 10.8. The van der Waals surface area contributed by atoms with Crippen molar-refractivity contribution in [3.63, 3.8) is 0 Å². The fourth-order valence-corrected chi connectivity index (χ4v) is 2.75. The standard InChI is InChI=1S/C14H24BrN/c1-11(2)12-7-5-3-4-6-8-14(15)13(9-12)10-16/h6,8,11-12H,3-5,7,9-10,16H2,1-2H3/b8-6-,14-13-. The first-order chi connectivity index (χ1) is 7.65. The van der Waals surface area contributed by atoms with Crippen LogP contribution in [0.5, 0.6) is 0 Å². The summed E-state index contributed by atoms with van der Waals surface area (Å²) in [6.45, 7) is 5.33. The molecule has 0 heterocycles. The predicted octanol–water partition coefficient (Wildman–Crippen LogP) is 4.39. The Morgan fingerprint density at radius 1 is 1.44 bits per heavy atom. The SMILES string of the molecule is CC(C)C1CCCC/C=C\C(Br)=C(\CN)C1. The maximum Gasteiger partial charge on any atom is 0.0176 e. The van der Waals surface area contributed by atoms with Crippen LogP contribution >= 0.6 is 15.9 Å². The summed E-state index contributed by atoms with van der Waals surface area (Å²) in [5.74, 6) is 1.54. The second kappa shape index (κ2) is 7.29. The number of halogens is 1. The van der Waals surface area contributed by atoms with Gasteiger partial charge < -0.3 is 5.73 Å². The summed E-state index contributed by atoms with van der Waals surface area (Å²) in [5.41, 5.74) is 7.22. The molecular formula is C14H24BrN. The van der Waals surface area contributed by atoms with Crippen LogP contribution in [0.2, 0.25) is 0 Å². The van der Waals surface area contributed by atoms with Crippen LogP contribution in [0, 0.1) is 11.8 Å². The third-order valence-electron chi connectivity index (χ3n) is 3.50. The molecule has 2 N–H and O–H groups in total. The van der Waals surface area contributed by atoms with E-state index in [0.29, 0.717) is 6.54 Å². The van der Waals surface area contributed by atoms with Crippen molar-refractivity contribution in [1.29, 1.82) is 0 Å². The van der Waals surface area contributed by atoms with Crippen LogP contribution < -0.4 is 5.73 Å². The van der Waals surface area contributed by atoms with Crippen LogP contribution in [-0.4, -0.2) is 6.54 Å². The Balaban J connectivity index is 2.82. The van der Waals surface area contributed by atoms with Gasteiger partial charge in [-0.1, -0.05) is 48.4 Å². The Kier molecular flexibility index (Phi) is 6.37. The van der Waals surface area contributed by atoms with Crippen LogP contribution in [0.1, 0.15) is 46.0 Å². The van der Waals surface area contributed by atoms with Gasteiger partial charge in [-0.15, -0.1) is 0 Å². The zero-order valence-electron chi connectivity index (χ0n) is 10.5. The minimum Gasteiger partial charge on any atom is -0.327 e. The van der Waals surface area contributed by atoms with Crippen LogP contribution in [0.4, 0.5) is 0 Å². The zero-order chi connectivity index (χ0) is 12.0. The van der Waals surface area contributed by atoms with Crippen LogP contribution in [0.15, 0.2) is 22.2 Å². The van der Waals surface area contributed by atoms with E-state index in [1.807, 2.05) is 0 Å². The number of nitrogens with two attached hydrogens (primary N) is 1. The van der Waals surface area contributed by atoms with Gasteiger partial charge in [0.25, 0.3) is 0 Å². The lowest BCUT2D eigenvalue weighted by molar-refractivity contribution is 0.343. The average molecular weight is 286 g/mol. The van der Waals surface area contributed by atoms with E-state index in [1.165, 1.54) is 35.7 Å². The summed E-state index contributed by atoms with van der Waals surface area (Å²) in [5, 5.41) is 0. The molecule has 0 bridgehead atoms. The Labute approximate surface area is 108 Å². The van der Waals surface area contributed by atoms with Gasteiger partial charge in [0.2, 0.25) is 0 Å². The molecule has 1 unspecified atom stereocenters. The number of hydrogen-bond donors (Lipinski definition) is 1. The highest BCUT2D eigenvalue weighted by Crippen LogP contribution is 2.29. The molecule has 0 spiro atoms. The van der Waals surface area contributed by atoms with Gasteiger partial charge in [0.05, 0.1) is 0 Å². The molecule has 1 aliphatic carbocycles. The van der Waals surface area contributed by atoms with Gasteiger partial charge in [-0.25, -0.2) is 0 Å². The fourth-order valence-electron chi connectivity index (χ4n) is 2.24. The summed E-state index contributed by atoms with van der Waals surface area (Å²) >= 11 is 3.65. The van der Waals surface area contributed by atoms with Crippen molar-refractivity contribution in [1.82, 2.24) is 0 Å². The lowest BCUT2D eigenvalue weighted by Crippen LogP contribution is -2.15. The van der Waals surface area contributed by atoms with Crippen LogP contribution in [0.3, 0.4) is 0 Å². The molecule has 1 rings (SSSR count). The van der Waals surface area contributed by atoms with Gasteiger partial charge in [-0.3, -0.25) is 0 Å². The quantitative estimate of drug-likeness (QED) is 0.800. The monoisotopic (exact) mass is 285 g/mol. The first-order valence-corrected chi connectivity index (χ1v) is 7.18. The molecule has 0 saturated carbocycles. The molecule has 0 aromatic heterocycles. The van der Waals surface area contributed by atoms with E-state index in [-0.39, 0.29) is 0 Å². The first kappa shape index (κ1) is 14.0. The summed E-state index contributed by atoms with van der Waals surface area (Å²) in [4.78, 5) is 0. The highest BCUT2D eigenvalue weighted by Gasteiger charge is 2.16. The maximum absolute atomic E-state index is 5.84. The maximum atomic E-state index is 5.84. The van der Waals surface area contributed by atoms with Crippen molar-refractivity contribution in [2.24, 2.45) is 17.6 Å². The van der Waals surface area contributed by atoms with Gasteiger partial charge >= 0.3 is 0 Å². The van der Waals surface area contributed by atoms with Crippen LogP contribution in [-0.2, 0) is 0 Å². The number of allylic oxidation sites excluding steroid dienone is 3. The van der Waals surface area contributed by atoms with Crippen molar-refractivity contribution in [3.8, 4) is 0 Å². The molecule has 2 heteroatoms. The molecule has 1 nitrogen and oxygen atoms in total. The minimum atomic E-state index is 0.675. The Hall–Kier alpha value is -0.0800. The van der Waals surface area contributed by atoms with Crippen molar-refractivity contribution < 1.29 is 0 Å². The third kappa shape index (κ3) is 4.42. The topological polar surface area (TPSA) is 26.0 Å². The molecule has 0 aromatic rings. The van der Waals surface area contributed by atoms with Gasteiger partial charge in [0.1, 0.15) is 0 Å². The van der Waals surface area contributed by atoms with Crippen molar-refractivity contribution in [2.75, 3.05) is 6.54 Å². The Bertz CT molecular complexity index is 266. The van der Waals surface area contributed by atoms with Crippen molar-refractivity contribution >= 4 is 15.9 Å². The van der Waals surface area contributed by atoms with E-state index in [0.717, 1.165) is 18.3 Å². The Morgan fingerprint density at radius 2 is 2.19 bits per heavy atom. The summed E-state index contributed by atoms with van der Waals surface area (Å²) < 4.78 is 1.21. The molecule has 0 saturated heterocycles. The van der Waals surface area contributed by atoms with E-state index in [9.17, 15) is 0 Å². The van der Waals surface area contributed by atoms with E-state index in [4.69, 9.17) is 5.73 Å². The molecule has 0 aromatic carbocycles. The molecule has 0 fully saturated rings. The summed E-state index contributed by atoms with van der Waals surface area (Å²) in [7, 11) is 0. The number of hydrogen-bond acceptors (Lipinski definition) is 1. The third-order valence-corrected chi connectivity index (χ3v) is 4.32. The van der Waals surface area contributed by atoms with E-state index in [1.54, 1.807) is 0 Å². The molecule has 0 amide bonds. The zero-order valence-corrected chi connectivity index (χ0v) is 12.1. The van der Waals surface area contributed by atoms with E-state index in [2.05, 4.69) is 41.9 Å². The van der Waals surface area contributed by atoms with E-state index >= 15 is 0 Å². The molecule has 0 radical (unpaired) electrons. The Morgan fingerprint density at radius 3 is 2.81 bits per heavy atom. The fraction of sp³-hybridized carbons (Fsp3) is 0.714. The number of rotatable bonds is 2. The molecule has 1 atom stereocenters. The minimum absolute atomic E-state index is 0.675. The summed E-state index contributed by atoms with van der Waals surface area (Å²) in [6, 6.07) is 0. The van der Waals surface area contributed by atoms with Crippen LogP contribution in [0.25, 0.3) is 0 Å². The van der Waals surface area contributed by atoms with E-state index < -0.39 is 0 Å². The second-order valence-electron chi connectivity index (χ2n) is 5.05. The largest absolute Gasteiger partial charge is 0.327 e. The van der Waals surface area contributed by atoms with Gasteiger partial charge in [-0.2, -0.15) is 0 Å². The van der Waals surface area contributed by atoms with Gasteiger partial charge in [0.15, 0.2) is 0 Å². The highest BCUT2D eigenvalue weighted by atomic mass is 79.9. The van der Waals surface area contributed by atoms with Gasteiger partial charge in [-0.05, 0) is 43.1 Å². The average Bonchev–Trinajstić information content (AvgIpc) is 2.26. The predicted molar refractivity (Wildman–Crippen MR) is 75.6 cm³/mol. The van der Waals surface area contributed by atoms with Crippen molar-refractivity contribution in [3.05, 3.63) is 22.2 Å². The molecule has 0 aliphatic heterocycles. The lowest BCUT2D eigenvalue weighted by Gasteiger charge is -2.23. The lowest BCUT2D eigenvalue weighted by atomic mass is 9.84. The molecular weight excluding hydrogens is 262 g/mol. The molecule has 92 valence electrons. The van der Waals surface area contributed by atoms with Gasteiger partial charge in [0, 0.05) is 11.0 Å². The molecule has 1 aliphatic rings. The smallest absolute Gasteiger partial charge is 0.0176 e.